The Morgan fingerprint density at radius 2 is 1.81 bits per heavy atom. The molecule has 138 valence electrons. The predicted molar refractivity (Wildman–Crippen MR) is 94.5 cm³/mol. The number of ether oxygens (including phenoxy) is 2. The van der Waals surface area contributed by atoms with Crippen molar-refractivity contribution in [1.29, 1.82) is 0 Å². The quantitative estimate of drug-likeness (QED) is 0.600. The number of carbonyl (C=O) groups excluding carboxylic acids is 1. The Labute approximate surface area is 149 Å². The van der Waals surface area contributed by atoms with Crippen LogP contribution in [0.5, 0.6) is 11.5 Å². The zero-order valence-corrected chi connectivity index (χ0v) is 14.5. The van der Waals surface area contributed by atoms with Crippen molar-refractivity contribution >= 4 is 23.0 Å². The lowest BCUT2D eigenvalue weighted by Crippen LogP contribution is -2.30. The summed E-state index contributed by atoms with van der Waals surface area (Å²) in [7, 11) is 4.48. The van der Waals surface area contributed by atoms with Gasteiger partial charge in [-0.2, -0.15) is 0 Å². The molecule has 0 aliphatic heterocycles. The average Bonchev–Trinajstić information content (AvgIpc) is 2.60. The predicted octanol–water partition coefficient (Wildman–Crippen LogP) is 2.83. The lowest BCUT2D eigenvalue weighted by molar-refractivity contribution is -0.384. The van der Waals surface area contributed by atoms with Crippen LogP contribution in [0.3, 0.4) is 0 Å². The number of nitrogens with one attached hydrogen (secondary N) is 1. The van der Waals surface area contributed by atoms with Gasteiger partial charge in [0.1, 0.15) is 23.0 Å². The van der Waals surface area contributed by atoms with Gasteiger partial charge >= 0.3 is 0 Å². The van der Waals surface area contributed by atoms with E-state index in [0.29, 0.717) is 17.2 Å². The van der Waals surface area contributed by atoms with Crippen LogP contribution in [0, 0.1) is 15.9 Å². The number of methoxy groups -OCH3 is 2. The molecular formula is C17H18FN3O5. The molecule has 2 rings (SSSR count). The van der Waals surface area contributed by atoms with Gasteiger partial charge in [-0.05, 0) is 12.1 Å². The Morgan fingerprint density at radius 1 is 1.19 bits per heavy atom. The van der Waals surface area contributed by atoms with Gasteiger partial charge in [-0.3, -0.25) is 14.9 Å². The Hall–Kier alpha value is -3.36. The molecule has 0 aliphatic rings. The van der Waals surface area contributed by atoms with Crippen molar-refractivity contribution < 1.29 is 23.6 Å². The van der Waals surface area contributed by atoms with Crippen LogP contribution in [0.25, 0.3) is 0 Å². The van der Waals surface area contributed by atoms with E-state index in [0.717, 1.165) is 12.1 Å². The number of halogens is 1. The van der Waals surface area contributed by atoms with Crippen molar-refractivity contribution in [2.24, 2.45) is 0 Å². The SMILES string of the molecule is COc1cc(NC(=O)CN(C)c2ccc(F)cc2[N+](=O)[O-])cc(OC)c1. The summed E-state index contributed by atoms with van der Waals surface area (Å²) in [6, 6.07) is 8.06. The van der Waals surface area contributed by atoms with E-state index in [1.165, 1.54) is 32.2 Å². The maximum Gasteiger partial charge on any atom is 0.295 e. The molecule has 2 aromatic carbocycles. The van der Waals surface area contributed by atoms with E-state index in [2.05, 4.69) is 5.32 Å². The van der Waals surface area contributed by atoms with E-state index in [-0.39, 0.29) is 12.2 Å². The largest absolute Gasteiger partial charge is 0.497 e. The molecule has 26 heavy (non-hydrogen) atoms. The number of nitro benzene ring substituents is 1. The molecule has 1 N–H and O–H groups in total. The number of rotatable bonds is 7. The number of hydrogen-bond donors (Lipinski definition) is 1. The second-order valence-electron chi connectivity index (χ2n) is 5.40. The van der Waals surface area contributed by atoms with Crippen molar-refractivity contribution in [3.63, 3.8) is 0 Å². The van der Waals surface area contributed by atoms with Crippen molar-refractivity contribution in [3.05, 3.63) is 52.3 Å². The molecule has 0 radical (unpaired) electrons. The summed E-state index contributed by atoms with van der Waals surface area (Å²) in [5.74, 6) is -0.132. The molecule has 0 aliphatic carbocycles. The smallest absolute Gasteiger partial charge is 0.295 e. The molecular weight excluding hydrogens is 345 g/mol. The molecule has 0 unspecified atom stereocenters. The highest BCUT2D eigenvalue weighted by atomic mass is 19.1. The molecule has 1 amide bonds. The number of amides is 1. The number of carbonyl (C=O) groups is 1. The average molecular weight is 363 g/mol. The van der Waals surface area contributed by atoms with E-state index >= 15 is 0 Å². The minimum atomic E-state index is -0.721. The summed E-state index contributed by atoms with van der Waals surface area (Å²) < 4.78 is 23.5. The van der Waals surface area contributed by atoms with E-state index in [1.807, 2.05) is 0 Å². The zero-order valence-electron chi connectivity index (χ0n) is 14.5. The van der Waals surface area contributed by atoms with Gasteiger partial charge in [0.2, 0.25) is 5.91 Å². The van der Waals surface area contributed by atoms with Crippen LogP contribution in [-0.2, 0) is 4.79 Å². The van der Waals surface area contributed by atoms with Crippen LogP contribution in [0.15, 0.2) is 36.4 Å². The van der Waals surface area contributed by atoms with Gasteiger partial charge in [-0.15, -0.1) is 0 Å². The molecule has 0 saturated heterocycles. The number of anilines is 2. The first-order chi connectivity index (χ1) is 12.3. The molecule has 0 spiro atoms. The lowest BCUT2D eigenvalue weighted by atomic mass is 10.2. The Bertz CT molecular complexity index is 806. The zero-order chi connectivity index (χ0) is 19.3. The highest BCUT2D eigenvalue weighted by Gasteiger charge is 2.20. The summed E-state index contributed by atoms with van der Waals surface area (Å²) in [6.07, 6.45) is 0. The molecule has 0 heterocycles. The minimum absolute atomic E-state index is 0.134. The Balaban J connectivity index is 2.14. The third-order valence-electron chi connectivity index (χ3n) is 3.56. The summed E-state index contributed by atoms with van der Waals surface area (Å²) >= 11 is 0. The molecule has 0 fully saturated rings. The highest BCUT2D eigenvalue weighted by molar-refractivity contribution is 5.94. The molecule has 0 aromatic heterocycles. The van der Waals surface area contributed by atoms with Gasteiger partial charge in [-0.25, -0.2) is 4.39 Å². The van der Waals surface area contributed by atoms with Crippen LogP contribution in [-0.4, -0.2) is 38.6 Å². The first kappa shape index (κ1) is 19.0. The first-order valence-corrected chi connectivity index (χ1v) is 7.52. The maximum absolute atomic E-state index is 13.2. The maximum atomic E-state index is 13.2. The molecule has 0 bridgehead atoms. The topological polar surface area (TPSA) is 93.9 Å². The monoisotopic (exact) mass is 363 g/mol. The number of benzene rings is 2. The minimum Gasteiger partial charge on any atom is -0.497 e. The van der Waals surface area contributed by atoms with E-state index in [9.17, 15) is 19.3 Å². The first-order valence-electron chi connectivity index (χ1n) is 7.52. The molecule has 0 atom stereocenters. The fraction of sp³-hybridized carbons (Fsp3) is 0.235. The molecule has 9 heteroatoms. The second-order valence-corrected chi connectivity index (χ2v) is 5.40. The van der Waals surface area contributed by atoms with Crippen molar-refractivity contribution in [1.82, 2.24) is 0 Å². The van der Waals surface area contributed by atoms with Crippen LogP contribution in [0.4, 0.5) is 21.5 Å². The third-order valence-corrected chi connectivity index (χ3v) is 3.56. The summed E-state index contributed by atoms with van der Waals surface area (Å²) in [4.78, 5) is 24.0. The number of hydrogen-bond acceptors (Lipinski definition) is 6. The summed E-state index contributed by atoms with van der Waals surface area (Å²) in [5.41, 5.74) is 0.173. The summed E-state index contributed by atoms with van der Waals surface area (Å²) in [6.45, 7) is -0.175. The fourth-order valence-corrected chi connectivity index (χ4v) is 2.35. The molecule has 0 saturated carbocycles. The van der Waals surface area contributed by atoms with E-state index in [4.69, 9.17) is 9.47 Å². The number of nitro groups is 1. The van der Waals surface area contributed by atoms with Crippen LogP contribution in [0.2, 0.25) is 0 Å². The van der Waals surface area contributed by atoms with Gasteiger partial charge in [0.05, 0.1) is 31.8 Å². The van der Waals surface area contributed by atoms with E-state index in [1.54, 1.807) is 18.2 Å². The van der Waals surface area contributed by atoms with Crippen LogP contribution < -0.4 is 19.7 Å². The second kappa shape index (κ2) is 8.15. The van der Waals surface area contributed by atoms with Gasteiger partial charge in [0.15, 0.2) is 0 Å². The van der Waals surface area contributed by atoms with Crippen molar-refractivity contribution in [3.8, 4) is 11.5 Å². The highest BCUT2D eigenvalue weighted by Crippen LogP contribution is 2.28. The van der Waals surface area contributed by atoms with Gasteiger partial charge in [0, 0.05) is 30.9 Å². The van der Waals surface area contributed by atoms with Gasteiger partial charge in [0.25, 0.3) is 5.69 Å². The molecule has 2 aromatic rings. The van der Waals surface area contributed by atoms with Crippen LogP contribution in [0.1, 0.15) is 0 Å². The standard InChI is InChI=1S/C17H18FN3O5/c1-20(15-5-4-11(18)6-16(15)21(23)24)10-17(22)19-12-7-13(25-2)9-14(8-12)26-3/h4-9H,10H2,1-3H3,(H,19,22). The van der Waals surface area contributed by atoms with Gasteiger partial charge in [-0.1, -0.05) is 0 Å². The number of nitrogens with zero attached hydrogens (tertiary/aromatic N) is 2. The van der Waals surface area contributed by atoms with E-state index < -0.39 is 22.3 Å². The fourth-order valence-electron chi connectivity index (χ4n) is 2.35. The summed E-state index contributed by atoms with van der Waals surface area (Å²) in [5, 5.41) is 13.7. The van der Waals surface area contributed by atoms with Gasteiger partial charge < -0.3 is 19.7 Å². The number of likely N-dealkylation sites (N-methyl/N-ethyl adjacent to an activating group) is 1. The Morgan fingerprint density at radius 3 is 2.35 bits per heavy atom. The lowest BCUT2D eigenvalue weighted by Gasteiger charge is -2.19. The Kier molecular flexibility index (Phi) is 5.94. The third kappa shape index (κ3) is 4.59. The normalized spacial score (nSPS) is 10.2. The van der Waals surface area contributed by atoms with Crippen molar-refractivity contribution in [2.75, 3.05) is 38.0 Å². The molecule has 8 nitrogen and oxygen atoms in total. The van der Waals surface area contributed by atoms with Crippen molar-refractivity contribution in [2.45, 2.75) is 0 Å². The van der Waals surface area contributed by atoms with Crippen LogP contribution >= 0.6 is 0 Å².